The highest BCUT2D eigenvalue weighted by Gasteiger charge is 2.52. The van der Waals surface area contributed by atoms with Gasteiger partial charge < -0.3 is 4.90 Å². The first-order chi connectivity index (χ1) is 10.1. The second-order valence-electron chi connectivity index (χ2n) is 5.80. The van der Waals surface area contributed by atoms with E-state index in [1.807, 2.05) is 81.7 Å². The molecule has 0 radical (unpaired) electrons. The number of allylic oxidation sites excluding steroid dienone is 2. The number of benzene rings is 2. The maximum Gasteiger partial charge on any atom is 0.181 e. The molecule has 1 atom stereocenters. The zero-order valence-corrected chi connectivity index (χ0v) is 12.6. The van der Waals surface area contributed by atoms with E-state index < -0.39 is 5.41 Å². The fraction of sp³-hybridized carbons (Fsp3) is 0.211. The van der Waals surface area contributed by atoms with Crippen LogP contribution in [0.1, 0.15) is 18.1 Å². The predicted molar refractivity (Wildman–Crippen MR) is 85.9 cm³/mol. The van der Waals surface area contributed by atoms with Crippen LogP contribution < -0.4 is 0 Å². The summed E-state index contributed by atoms with van der Waals surface area (Å²) in [5.74, 6) is 0.198. The molecule has 2 aromatic carbocycles. The SMILES string of the molecule is CN(C)C1=C(c2ccccc2)C(=O)C1(C)c1ccccc1. The zero-order valence-electron chi connectivity index (χ0n) is 12.6. The summed E-state index contributed by atoms with van der Waals surface area (Å²) < 4.78 is 0. The van der Waals surface area contributed by atoms with E-state index >= 15 is 0 Å². The van der Waals surface area contributed by atoms with Crippen molar-refractivity contribution >= 4 is 11.4 Å². The Morgan fingerprint density at radius 2 is 1.38 bits per heavy atom. The van der Waals surface area contributed by atoms with Crippen molar-refractivity contribution in [3.63, 3.8) is 0 Å². The van der Waals surface area contributed by atoms with Crippen LogP contribution in [0, 0.1) is 0 Å². The van der Waals surface area contributed by atoms with Crippen LogP contribution in [-0.2, 0) is 10.2 Å². The zero-order chi connectivity index (χ0) is 15.0. The molecule has 1 aliphatic carbocycles. The number of rotatable bonds is 3. The van der Waals surface area contributed by atoms with Gasteiger partial charge in [-0.2, -0.15) is 0 Å². The maximum absolute atomic E-state index is 12.9. The van der Waals surface area contributed by atoms with Crippen molar-refractivity contribution in [3.8, 4) is 0 Å². The van der Waals surface area contributed by atoms with E-state index in [4.69, 9.17) is 0 Å². The summed E-state index contributed by atoms with van der Waals surface area (Å²) in [4.78, 5) is 15.0. The standard InChI is InChI=1S/C19H19NO/c1-19(15-12-8-5-9-13-15)17(20(2)3)16(18(19)21)14-10-6-4-7-11-14/h4-13H,1-3H3. The highest BCUT2D eigenvalue weighted by Crippen LogP contribution is 2.49. The van der Waals surface area contributed by atoms with Gasteiger partial charge in [0.25, 0.3) is 0 Å². The van der Waals surface area contributed by atoms with Gasteiger partial charge in [-0.3, -0.25) is 4.79 Å². The lowest BCUT2D eigenvalue weighted by Crippen LogP contribution is -2.49. The number of likely N-dealkylation sites (N-methyl/N-ethyl adjacent to an activating group) is 1. The van der Waals surface area contributed by atoms with Crippen LogP contribution in [0.15, 0.2) is 66.4 Å². The molecule has 0 fully saturated rings. The summed E-state index contributed by atoms with van der Waals surface area (Å²) in [5, 5.41) is 0. The Hall–Kier alpha value is -2.35. The Kier molecular flexibility index (Phi) is 3.17. The molecule has 1 unspecified atom stereocenters. The third kappa shape index (κ3) is 1.90. The van der Waals surface area contributed by atoms with Gasteiger partial charge in [-0.05, 0) is 18.1 Å². The first kappa shape index (κ1) is 13.6. The van der Waals surface area contributed by atoms with E-state index in [0.717, 1.165) is 22.4 Å². The molecule has 0 bridgehead atoms. The van der Waals surface area contributed by atoms with Crippen LogP contribution in [0.2, 0.25) is 0 Å². The minimum absolute atomic E-state index is 0.198. The summed E-state index contributed by atoms with van der Waals surface area (Å²) in [6.45, 7) is 2.02. The Labute approximate surface area is 125 Å². The molecule has 0 amide bonds. The normalized spacial score (nSPS) is 21.2. The van der Waals surface area contributed by atoms with Gasteiger partial charge in [0.1, 0.15) is 0 Å². The molecule has 1 aliphatic rings. The predicted octanol–water partition coefficient (Wildman–Crippen LogP) is 3.50. The highest BCUT2D eigenvalue weighted by molar-refractivity contribution is 6.34. The van der Waals surface area contributed by atoms with Crippen LogP contribution in [0.4, 0.5) is 0 Å². The Morgan fingerprint density at radius 3 is 1.90 bits per heavy atom. The smallest absolute Gasteiger partial charge is 0.181 e. The molecular formula is C19H19NO. The van der Waals surface area contributed by atoms with Crippen molar-refractivity contribution < 1.29 is 4.79 Å². The molecule has 2 aromatic rings. The number of carbonyl (C=O) groups excluding carboxylic acids is 1. The van der Waals surface area contributed by atoms with Gasteiger partial charge >= 0.3 is 0 Å². The molecule has 21 heavy (non-hydrogen) atoms. The molecule has 0 saturated heterocycles. The molecular weight excluding hydrogens is 258 g/mol. The van der Waals surface area contributed by atoms with E-state index in [2.05, 4.69) is 4.90 Å². The Bertz CT molecular complexity index is 701. The van der Waals surface area contributed by atoms with E-state index in [1.54, 1.807) is 0 Å². The first-order valence-electron chi connectivity index (χ1n) is 7.14. The lowest BCUT2D eigenvalue weighted by atomic mass is 9.61. The van der Waals surface area contributed by atoms with Gasteiger partial charge in [0.15, 0.2) is 5.78 Å². The minimum Gasteiger partial charge on any atom is -0.379 e. The van der Waals surface area contributed by atoms with Gasteiger partial charge in [-0.25, -0.2) is 0 Å². The van der Waals surface area contributed by atoms with Crippen molar-refractivity contribution in [1.82, 2.24) is 4.90 Å². The van der Waals surface area contributed by atoms with E-state index in [0.29, 0.717) is 0 Å². The molecule has 0 heterocycles. The molecule has 0 N–H and O–H groups in total. The molecule has 0 aliphatic heterocycles. The van der Waals surface area contributed by atoms with Crippen molar-refractivity contribution in [2.45, 2.75) is 12.3 Å². The average Bonchev–Trinajstić information content (AvgIpc) is 2.52. The number of nitrogens with zero attached hydrogens (tertiary/aromatic N) is 1. The van der Waals surface area contributed by atoms with Gasteiger partial charge in [0.2, 0.25) is 0 Å². The summed E-state index contributed by atoms with van der Waals surface area (Å²) in [5.41, 5.74) is 3.44. The summed E-state index contributed by atoms with van der Waals surface area (Å²) in [7, 11) is 4.01. The minimum atomic E-state index is -0.546. The van der Waals surface area contributed by atoms with Gasteiger partial charge in [-0.15, -0.1) is 0 Å². The summed E-state index contributed by atoms with van der Waals surface area (Å²) in [6.07, 6.45) is 0. The first-order valence-corrected chi connectivity index (χ1v) is 7.14. The average molecular weight is 277 g/mol. The molecule has 2 heteroatoms. The second-order valence-corrected chi connectivity index (χ2v) is 5.80. The fourth-order valence-corrected chi connectivity index (χ4v) is 3.24. The van der Waals surface area contributed by atoms with Crippen LogP contribution in [0.5, 0.6) is 0 Å². The van der Waals surface area contributed by atoms with Crippen molar-refractivity contribution in [1.29, 1.82) is 0 Å². The topological polar surface area (TPSA) is 20.3 Å². The second kappa shape index (κ2) is 4.88. The number of hydrogen-bond acceptors (Lipinski definition) is 2. The number of hydrogen-bond donors (Lipinski definition) is 0. The van der Waals surface area contributed by atoms with Crippen LogP contribution in [0.3, 0.4) is 0 Å². The molecule has 3 rings (SSSR count). The van der Waals surface area contributed by atoms with Crippen molar-refractivity contribution in [3.05, 3.63) is 77.5 Å². The van der Waals surface area contributed by atoms with E-state index in [-0.39, 0.29) is 5.78 Å². The Morgan fingerprint density at radius 1 is 0.857 bits per heavy atom. The monoisotopic (exact) mass is 277 g/mol. The lowest BCUT2D eigenvalue weighted by molar-refractivity contribution is -0.119. The van der Waals surface area contributed by atoms with E-state index in [1.165, 1.54) is 0 Å². The van der Waals surface area contributed by atoms with Gasteiger partial charge in [0, 0.05) is 25.4 Å². The maximum atomic E-state index is 12.9. The highest BCUT2D eigenvalue weighted by atomic mass is 16.1. The number of ketones is 1. The number of carbonyl (C=O) groups is 1. The molecule has 0 saturated carbocycles. The van der Waals surface area contributed by atoms with Crippen LogP contribution in [-0.4, -0.2) is 24.8 Å². The van der Waals surface area contributed by atoms with Crippen molar-refractivity contribution in [2.24, 2.45) is 0 Å². The van der Waals surface area contributed by atoms with E-state index in [9.17, 15) is 4.79 Å². The summed E-state index contributed by atoms with van der Waals surface area (Å²) >= 11 is 0. The van der Waals surface area contributed by atoms with Gasteiger partial charge in [0.05, 0.1) is 5.41 Å². The van der Waals surface area contributed by atoms with Crippen LogP contribution in [0.25, 0.3) is 5.57 Å². The summed E-state index contributed by atoms with van der Waals surface area (Å²) in [6, 6.07) is 19.9. The third-order valence-corrected chi connectivity index (χ3v) is 4.25. The largest absolute Gasteiger partial charge is 0.379 e. The quantitative estimate of drug-likeness (QED) is 0.856. The van der Waals surface area contributed by atoms with Gasteiger partial charge in [-0.1, -0.05) is 60.7 Å². The molecule has 106 valence electrons. The van der Waals surface area contributed by atoms with Crippen LogP contribution >= 0.6 is 0 Å². The van der Waals surface area contributed by atoms with Crippen molar-refractivity contribution in [2.75, 3.05) is 14.1 Å². The Balaban J connectivity index is 2.19. The molecule has 0 aromatic heterocycles. The lowest BCUT2D eigenvalue weighted by Gasteiger charge is -2.45. The third-order valence-electron chi connectivity index (χ3n) is 4.25. The molecule has 2 nitrogen and oxygen atoms in total. The molecule has 0 spiro atoms. The number of Topliss-reactive ketones (excluding diaryl/α,β-unsaturated/α-hetero) is 1. The fourth-order valence-electron chi connectivity index (χ4n) is 3.24.